The number of aliphatic carboxylic acids is 1. The quantitative estimate of drug-likeness (QED) is 0.490. The van der Waals surface area contributed by atoms with Gasteiger partial charge in [0.2, 0.25) is 0 Å². The number of likely N-dealkylation sites (tertiary alicyclic amines) is 1. The molecule has 0 aliphatic carbocycles. The fourth-order valence-corrected chi connectivity index (χ4v) is 5.12. The number of rotatable bonds is 5. The Hall–Kier alpha value is -3.13. The van der Waals surface area contributed by atoms with E-state index in [4.69, 9.17) is 11.6 Å². The molecule has 0 radical (unpaired) electrons. The van der Waals surface area contributed by atoms with E-state index in [1.165, 1.54) is 11.0 Å². The molecule has 4 rings (SSSR count). The number of nitro benzene ring substituents is 1. The van der Waals surface area contributed by atoms with Gasteiger partial charge in [-0.1, -0.05) is 36.7 Å². The van der Waals surface area contributed by atoms with Crippen LogP contribution in [0.5, 0.6) is 0 Å². The molecule has 33 heavy (non-hydrogen) atoms. The molecule has 0 saturated carbocycles. The van der Waals surface area contributed by atoms with Gasteiger partial charge in [0.15, 0.2) is 0 Å². The lowest BCUT2D eigenvalue weighted by atomic mass is 9.98. The Labute approximate surface area is 196 Å². The van der Waals surface area contributed by atoms with Crippen molar-refractivity contribution in [1.29, 1.82) is 0 Å². The lowest BCUT2D eigenvalue weighted by Crippen LogP contribution is -2.42. The van der Waals surface area contributed by atoms with Gasteiger partial charge in [-0.15, -0.1) is 0 Å². The maximum Gasteiger partial charge on any atom is 0.326 e. The molecule has 0 unspecified atom stereocenters. The largest absolute Gasteiger partial charge is 0.480 e. The van der Waals surface area contributed by atoms with Crippen LogP contribution in [-0.2, 0) is 4.79 Å². The number of benzene rings is 2. The van der Waals surface area contributed by atoms with Crippen LogP contribution in [0.3, 0.4) is 0 Å². The summed E-state index contributed by atoms with van der Waals surface area (Å²) in [6.07, 6.45) is 2.62. The standard InChI is InChI=1S/C24H26ClN3O5/c1-15-10-12-26(13-11-15)20-7-6-16(14-22(20)28(32)33)23(29)27-19(8-9-21(27)24(30)31)17-4-2-3-5-18(17)25/h2-7,14-15,19,21H,8-13H2,1H3,(H,30,31)/t19-,21+/m1/s1. The van der Waals surface area contributed by atoms with Crippen molar-refractivity contribution in [2.24, 2.45) is 5.92 Å². The van der Waals surface area contributed by atoms with E-state index in [1.54, 1.807) is 36.4 Å². The van der Waals surface area contributed by atoms with Crippen LogP contribution >= 0.6 is 11.6 Å². The van der Waals surface area contributed by atoms with Crippen LogP contribution in [0.4, 0.5) is 11.4 Å². The number of carboxylic acids is 1. The van der Waals surface area contributed by atoms with Gasteiger partial charge in [-0.2, -0.15) is 0 Å². The lowest BCUT2D eigenvalue weighted by molar-refractivity contribution is -0.384. The molecule has 2 fully saturated rings. The maximum atomic E-state index is 13.5. The third kappa shape index (κ3) is 4.53. The molecule has 2 aromatic carbocycles. The number of amides is 1. The molecule has 0 bridgehead atoms. The molecular formula is C24H26ClN3O5. The number of anilines is 1. The highest BCUT2D eigenvalue weighted by Crippen LogP contribution is 2.41. The van der Waals surface area contributed by atoms with Gasteiger partial charge in [0, 0.05) is 29.7 Å². The fraction of sp³-hybridized carbons (Fsp3) is 0.417. The van der Waals surface area contributed by atoms with E-state index in [9.17, 15) is 24.8 Å². The molecule has 174 valence electrons. The minimum absolute atomic E-state index is 0.0982. The molecule has 2 aliphatic rings. The Balaban J connectivity index is 1.70. The van der Waals surface area contributed by atoms with Crippen LogP contribution in [0.15, 0.2) is 42.5 Å². The average molecular weight is 472 g/mol. The number of carboxylic acid groups (broad SMARTS) is 1. The molecule has 2 atom stereocenters. The Kier molecular flexibility index (Phi) is 6.56. The van der Waals surface area contributed by atoms with E-state index >= 15 is 0 Å². The number of halogens is 1. The zero-order valence-electron chi connectivity index (χ0n) is 18.3. The number of hydrogen-bond donors (Lipinski definition) is 1. The van der Waals surface area contributed by atoms with Crippen LogP contribution in [0.2, 0.25) is 5.02 Å². The molecule has 0 spiro atoms. The summed E-state index contributed by atoms with van der Waals surface area (Å²) >= 11 is 6.35. The van der Waals surface area contributed by atoms with Crippen molar-refractivity contribution in [3.05, 3.63) is 68.7 Å². The first-order valence-corrected chi connectivity index (χ1v) is 11.5. The van der Waals surface area contributed by atoms with Crippen LogP contribution < -0.4 is 4.90 Å². The minimum atomic E-state index is -1.11. The summed E-state index contributed by atoms with van der Waals surface area (Å²) in [6.45, 7) is 3.60. The lowest BCUT2D eigenvalue weighted by Gasteiger charge is -2.32. The second-order valence-corrected chi connectivity index (χ2v) is 9.22. The number of carbonyl (C=O) groups excluding carboxylic acids is 1. The Morgan fingerprint density at radius 1 is 1.09 bits per heavy atom. The van der Waals surface area contributed by atoms with Gasteiger partial charge in [0.1, 0.15) is 11.7 Å². The topological polar surface area (TPSA) is 104 Å². The number of piperidine rings is 1. The molecule has 2 aromatic rings. The highest BCUT2D eigenvalue weighted by molar-refractivity contribution is 6.31. The average Bonchev–Trinajstić information content (AvgIpc) is 3.24. The van der Waals surface area contributed by atoms with Gasteiger partial charge >= 0.3 is 5.97 Å². The van der Waals surface area contributed by atoms with E-state index < -0.39 is 28.9 Å². The van der Waals surface area contributed by atoms with Crippen molar-refractivity contribution in [3.63, 3.8) is 0 Å². The number of nitro groups is 1. The molecule has 1 N–H and O–H groups in total. The van der Waals surface area contributed by atoms with Crippen molar-refractivity contribution in [2.45, 2.75) is 44.7 Å². The van der Waals surface area contributed by atoms with Crippen molar-refractivity contribution >= 4 is 34.9 Å². The van der Waals surface area contributed by atoms with E-state index in [1.807, 2.05) is 4.90 Å². The van der Waals surface area contributed by atoms with Gasteiger partial charge in [-0.05, 0) is 55.4 Å². The highest BCUT2D eigenvalue weighted by atomic mass is 35.5. The fourth-order valence-electron chi connectivity index (χ4n) is 4.86. The number of nitrogens with zero attached hydrogens (tertiary/aromatic N) is 3. The molecule has 1 amide bonds. The van der Waals surface area contributed by atoms with Gasteiger partial charge in [-0.25, -0.2) is 4.79 Å². The highest BCUT2D eigenvalue weighted by Gasteiger charge is 2.43. The molecule has 8 nitrogen and oxygen atoms in total. The second kappa shape index (κ2) is 9.39. The zero-order valence-corrected chi connectivity index (χ0v) is 19.1. The predicted octanol–water partition coefficient (Wildman–Crippen LogP) is 4.92. The van der Waals surface area contributed by atoms with Crippen LogP contribution in [0.1, 0.15) is 54.6 Å². The summed E-state index contributed by atoms with van der Waals surface area (Å²) in [4.78, 5) is 40.2. The Morgan fingerprint density at radius 2 is 1.79 bits per heavy atom. The second-order valence-electron chi connectivity index (χ2n) is 8.81. The third-order valence-corrected chi connectivity index (χ3v) is 7.06. The predicted molar refractivity (Wildman–Crippen MR) is 125 cm³/mol. The Bertz CT molecular complexity index is 1080. The van der Waals surface area contributed by atoms with Gasteiger partial charge in [0.05, 0.1) is 11.0 Å². The van der Waals surface area contributed by atoms with E-state index in [2.05, 4.69) is 6.92 Å². The van der Waals surface area contributed by atoms with E-state index in [-0.39, 0.29) is 17.7 Å². The van der Waals surface area contributed by atoms with Crippen LogP contribution in [0, 0.1) is 16.0 Å². The van der Waals surface area contributed by atoms with Crippen molar-refractivity contribution in [1.82, 2.24) is 4.90 Å². The van der Waals surface area contributed by atoms with Crippen LogP contribution in [-0.4, -0.2) is 45.9 Å². The van der Waals surface area contributed by atoms with Crippen LogP contribution in [0.25, 0.3) is 0 Å². The monoisotopic (exact) mass is 471 g/mol. The molecule has 2 saturated heterocycles. The van der Waals surface area contributed by atoms with E-state index in [0.29, 0.717) is 28.6 Å². The summed E-state index contributed by atoms with van der Waals surface area (Å²) in [6, 6.07) is 9.93. The maximum absolute atomic E-state index is 13.5. The smallest absolute Gasteiger partial charge is 0.326 e. The first-order chi connectivity index (χ1) is 15.8. The molecular weight excluding hydrogens is 446 g/mol. The summed E-state index contributed by atoms with van der Waals surface area (Å²) in [5.74, 6) is -1.08. The third-order valence-electron chi connectivity index (χ3n) is 6.71. The SMILES string of the molecule is CC1CCN(c2ccc(C(=O)N3[C@@H](c4ccccc4Cl)CC[C@H]3C(=O)O)cc2[N+](=O)[O-])CC1. The minimum Gasteiger partial charge on any atom is -0.480 e. The summed E-state index contributed by atoms with van der Waals surface area (Å²) < 4.78 is 0. The van der Waals surface area contributed by atoms with Crippen molar-refractivity contribution < 1.29 is 19.6 Å². The molecule has 0 aromatic heterocycles. The van der Waals surface area contributed by atoms with Gasteiger partial charge in [0.25, 0.3) is 11.6 Å². The Morgan fingerprint density at radius 3 is 2.42 bits per heavy atom. The first-order valence-electron chi connectivity index (χ1n) is 11.1. The number of carbonyl (C=O) groups is 2. The summed E-state index contributed by atoms with van der Waals surface area (Å²) in [7, 11) is 0. The number of hydrogen-bond acceptors (Lipinski definition) is 5. The molecule has 9 heteroatoms. The van der Waals surface area contributed by atoms with Gasteiger partial charge < -0.3 is 14.9 Å². The first kappa shape index (κ1) is 23.0. The molecule has 2 aliphatic heterocycles. The van der Waals surface area contributed by atoms with Gasteiger partial charge in [-0.3, -0.25) is 14.9 Å². The summed E-state index contributed by atoms with van der Waals surface area (Å²) in [5, 5.41) is 22.1. The van der Waals surface area contributed by atoms with Crippen molar-refractivity contribution in [3.8, 4) is 0 Å². The zero-order chi connectivity index (χ0) is 23.7. The molecule has 2 heterocycles. The van der Waals surface area contributed by atoms with E-state index in [0.717, 1.165) is 25.9 Å². The van der Waals surface area contributed by atoms with Crippen molar-refractivity contribution in [2.75, 3.05) is 18.0 Å². The normalized spacial score (nSPS) is 21.3. The summed E-state index contributed by atoms with van der Waals surface area (Å²) in [5.41, 5.74) is 1.11.